The molecule has 0 aliphatic carbocycles. The molecule has 3 rings (SSSR count). The quantitative estimate of drug-likeness (QED) is 0.598. The number of methoxy groups -OCH3 is 2. The van der Waals surface area contributed by atoms with Crippen molar-refractivity contribution in [1.82, 2.24) is 15.5 Å². The molecule has 0 bridgehead atoms. The number of rotatable bonds is 9. The van der Waals surface area contributed by atoms with E-state index < -0.39 is 0 Å². The number of carbonyl (C=O) groups is 1. The second kappa shape index (κ2) is 9.73. The van der Waals surface area contributed by atoms with Gasteiger partial charge in [-0.1, -0.05) is 24.3 Å². The Morgan fingerprint density at radius 1 is 1.03 bits per heavy atom. The first-order valence-electron chi connectivity index (χ1n) is 9.46. The Morgan fingerprint density at radius 3 is 2.59 bits per heavy atom. The molecule has 0 spiro atoms. The van der Waals surface area contributed by atoms with E-state index in [0.717, 1.165) is 16.7 Å². The molecule has 0 aliphatic rings. The van der Waals surface area contributed by atoms with E-state index in [-0.39, 0.29) is 5.91 Å². The van der Waals surface area contributed by atoms with Crippen molar-refractivity contribution in [2.45, 2.75) is 26.2 Å². The first-order valence-corrected chi connectivity index (χ1v) is 9.46. The van der Waals surface area contributed by atoms with Crippen LogP contribution in [-0.2, 0) is 17.6 Å². The topological polar surface area (TPSA) is 86.5 Å². The number of aromatic nitrogens is 2. The van der Waals surface area contributed by atoms with Gasteiger partial charge in [-0.05, 0) is 42.7 Å². The van der Waals surface area contributed by atoms with Gasteiger partial charge in [0.05, 0.1) is 14.2 Å². The van der Waals surface area contributed by atoms with Gasteiger partial charge >= 0.3 is 0 Å². The molecule has 0 saturated carbocycles. The normalized spacial score (nSPS) is 10.6. The molecule has 1 amide bonds. The summed E-state index contributed by atoms with van der Waals surface area (Å²) < 4.78 is 16.2. The van der Waals surface area contributed by atoms with Crippen LogP contribution in [-0.4, -0.2) is 36.9 Å². The monoisotopic (exact) mass is 395 g/mol. The molecule has 29 heavy (non-hydrogen) atoms. The summed E-state index contributed by atoms with van der Waals surface area (Å²) in [4.78, 5) is 12.1. The van der Waals surface area contributed by atoms with Crippen molar-refractivity contribution in [3.05, 3.63) is 59.5 Å². The zero-order valence-electron chi connectivity index (χ0n) is 16.9. The standard InChI is InChI=1S/C22H25N3O4/c1-15-6-4-5-7-17(15)22-25-24-21(29-22)11-10-20(26)23-13-12-16-8-9-18(27-2)19(14-16)28-3/h4-9,14H,10-13H2,1-3H3,(H,23,26). The third-order valence-electron chi connectivity index (χ3n) is 4.59. The predicted octanol–water partition coefficient (Wildman–Crippen LogP) is 3.35. The zero-order chi connectivity index (χ0) is 20.6. The zero-order valence-corrected chi connectivity index (χ0v) is 16.9. The average Bonchev–Trinajstić information content (AvgIpc) is 3.21. The highest BCUT2D eigenvalue weighted by atomic mass is 16.5. The number of hydrogen-bond donors (Lipinski definition) is 1. The van der Waals surface area contributed by atoms with Crippen LogP contribution in [0.2, 0.25) is 0 Å². The fourth-order valence-corrected chi connectivity index (χ4v) is 2.97. The first kappa shape index (κ1) is 20.4. The van der Waals surface area contributed by atoms with Crippen LogP contribution < -0.4 is 14.8 Å². The minimum absolute atomic E-state index is 0.0545. The summed E-state index contributed by atoms with van der Waals surface area (Å²) in [5.74, 6) is 2.24. The number of aryl methyl sites for hydroxylation is 2. The van der Waals surface area contributed by atoms with E-state index in [4.69, 9.17) is 13.9 Å². The van der Waals surface area contributed by atoms with Crippen LogP contribution in [0.5, 0.6) is 11.5 Å². The molecule has 2 aromatic carbocycles. The van der Waals surface area contributed by atoms with Gasteiger partial charge in [-0.25, -0.2) is 0 Å². The van der Waals surface area contributed by atoms with Gasteiger partial charge < -0.3 is 19.2 Å². The Hall–Kier alpha value is -3.35. The fourth-order valence-electron chi connectivity index (χ4n) is 2.97. The predicted molar refractivity (Wildman–Crippen MR) is 109 cm³/mol. The highest BCUT2D eigenvalue weighted by molar-refractivity contribution is 5.76. The van der Waals surface area contributed by atoms with E-state index in [1.807, 2.05) is 49.4 Å². The summed E-state index contributed by atoms with van der Waals surface area (Å²) in [6, 6.07) is 13.5. The Morgan fingerprint density at radius 2 is 1.83 bits per heavy atom. The van der Waals surface area contributed by atoms with Crippen LogP contribution in [0.1, 0.15) is 23.4 Å². The molecule has 0 aliphatic heterocycles. The maximum atomic E-state index is 12.1. The van der Waals surface area contributed by atoms with Crippen LogP contribution in [0.3, 0.4) is 0 Å². The molecule has 0 radical (unpaired) electrons. The molecular weight excluding hydrogens is 370 g/mol. The van der Waals surface area contributed by atoms with E-state index >= 15 is 0 Å². The highest BCUT2D eigenvalue weighted by Gasteiger charge is 2.12. The summed E-state index contributed by atoms with van der Waals surface area (Å²) >= 11 is 0. The van der Waals surface area contributed by atoms with Crippen LogP contribution in [0.25, 0.3) is 11.5 Å². The van der Waals surface area contributed by atoms with Crippen LogP contribution in [0.15, 0.2) is 46.9 Å². The number of carbonyl (C=O) groups excluding carboxylic acids is 1. The Labute approximate surface area is 170 Å². The van der Waals surface area contributed by atoms with Gasteiger partial charge in [0.1, 0.15) is 0 Å². The van der Waals surface area contributed by atoms with E-state index in [0.29, 0.717) is 49.1 Å². The molecule has 0 saturated heterocycles. The third-order valence-corrected chi connectivity index (χ3v) is 4.59. The highest BCUT2D eigenvalue weighted by Crippen LogP contribution is 2.27. The number of amides is 1. The maximum absolute atomic E-state index is 12.1. The third kappa shape index (κ3) is 5.34. The van der Waals surface area contributed by atoms with Gasteiger partial charge in [0.25, 0.3) is 0 Å². The molecule has 7 nitrogen and oxygen atoms in total. The van der Waals surface area contributed by atoms with Crippen molar-refractivity contribution in [2.75, 3.05) is 20.8 Å². The summed E-state index contributed by atoms with van der Waals surface area (Å²) in [5, 5.41) is 11.0. The molecule has 1 heterocycles. The molecule has 7 heteroatoms. The smallest absolute Gasteiger partial charge is 0.247 e. The van der Waals surface area contributed by atoms with Crippen molar-refractivity contribution in [2.24, 2.45) is 0 Å². The largest absolute Gasteiger partial charge is 0.493 e. The fraction of sp³-hybridized carbons (Fsp3) is 0.318. The van der Waals surface area contributed by atoms with Crippen LogP contribution >= 0.6 is 0 Å². The summed E-state index contributed by atoms with van der Waals surface area (Å²) in [6.07, 6.45) is 1.40. The van der Waals surface area contributed by atoms with Crippen LogP contribution in [0, 0.1) is 6.92 Å². The lowest BCUT2D eigenvalue weighted by molar-refractivity contribution is -0.121. The number of nitrogens with one attached hydrogen (secondary N) is 1. The number of hydrogen-bond acceptors (Lipinski definition) is 6. The maximum Gasteiger partial charge on any atom is 0.247 e. The minimum atomic E-state index is -0.0545. The van der Waals surface area contributed by atoms with Crippen molar-refractivity contribution in [3.8, 4) is 23.0 Å². The SMILES string of the molecule is COc1ccc(CCNC(=O)CCc2nnc(-c3ccccc3C)o2)cc1OC. The van der Waals surface area contributed by atoms with Gasteiger partial charge in [0.15, 0.2) is 11.5 Å². The van der Waals surface area contributed by atoms with E-state index in [1.165, 1.54) is 0 Å². The Bertz CT molecular complexity index is 968. The van der Waals surface area contributed by atoms with Crippen molar-refractivity contribution in [3.63, 3.8) is 0 Å². The molecule has 3 aromatic rings. The van der Waals surface area contributed by atoms with Crippen LogP contribution in [0.4, 0.5) is 0 Å². The first-order chi connectivity index (χ1) is 14.1. The lowest BCUT2D eigenvalue weighted by atomic mass is 10.1. The molecule has 1 N–H and O–H groups in total. The molecule has 0 unspecified atom stereocenters. The molecule has 152 valence electrons. The minimum Gasteiger partial charge on any atom is -0.493 e. The van der Waals surface area contributed by atoms with Gasteiger partial charge in [0, 0.05) is 24.9 Å². The van der Waals surface area contributed by atoms with Crippen molar-refractivity contribution < 1.29 is 18.7 Å². The summed E-state index contributed by atoms with van der Waals surface area (Å²) in [6.45, 7) is 2.53. The molecule has 1 aromatic heterocycles. The van der Waals surface area contributed by atoms with E-state index in [2.05, 4.69) is 15.5 Å². The van der Waals surface area contributed by atoms with E-state index in [1.54, 1.807) is 14.2 Å². The average molecular weight is 395 g/mol. The van der Waals surface area contributed by atoms with Crippen molar-refractivity contribution in [1.29, 1.82) is 0 Å². The second-order valence-corrected chi connectivity index (χ2v) is 6.61. The number of benzene rings is 2. The molecule has 0 fully saturated rings. The molecule has 0 atom stereocenters. The van der Waals surface area contributed by atoms with Gasteiger partial charge in [0.2, 0.25) is 17.7 Å². The number of nitrogens with zero attached hydrogens (tertiary/aromatic N) is 2. The number of ether oxygens (including phenoxy) is 2. The van der Waals surface area contributed by atoms with Gasteiger partial charge in [-0.3, -0.25) is 4.79 Å². The lowest BCUT2D eigenvalue weighted by Crippen LogP contribution is -2.25. The Kier molecular flexibility index (Phi) is 6.84. The van der Waals surface area contributed by atoms with Gasteiger partial charge in [-0.2, -0.15) is 0 Å². The Balaban J connectivity index is 1.46. The van der Waals surface area contributed by atoms with E-state index in [9.17, 15) is 4.79 Å². The summed E-state index contributed by atoms with van der Waals surface area (Å²) in [5.41, 5.74) is 3.03. The second-order valence-electron chi connectivity index (χ2n) is 6.61. The summed E-state index contributed by atoms with van der Waals surface area (Å²) in [7, 11) is 3.20. The molecular formula is C22H25N3O4. The van der Waals surface area contributed by atoms with Gasteiger partial charge in [-0.15, -0.1) is 10.2 Å². The lowest BCUT2D eigenvalue weighted by Gasteiger charge is -2.10. The van der Waals surface area contributed by atoms with Crippen molar-refractivity contribution >= 4 is 5.91 Å².